The van der Waals surface area contributed by atoms with Gasteiger partial charge in [0, 0.05) is 0 Å². The molecule has 0 nitrogen and oxygen atoms in total. The van der Waals surface area contributed by atoms with Gasteiger partial charge in [0.2, 0.25) is 0 Å². The normalized spacial score (nSPS) is 14.5. The van der Waals surface area contributed by atoms with Crippen LogP contribution in [0.3, 0.4) is 0 Å². The highest BCUT2D eigenvalue weighted by Crippen LogP contribution is 2.01. The van der Waals surface area contributed by atoms with Gasteiger partial charge < -0.3 is 0 Å². The molecule has 0 saturated heterocycles. The Bertz CT molecular complexity index is 188. The Morgan fingerprint density at radius 1 is 1.45 bits per heavy atom. The molecular weight excluding hydrogens is 146 g/mol. The van der Waals surface area contributed by atoms with E-state index in [0.717, 1.165) is 18.1 Å². The van der Waals surface area contributed by atoms with Crippen LogP contribution in [0.4, 0.5) is 8.78 Å². The van der Waals surface area contributed by atoms with E-state index in [-0.39, 0.29) is 6.33 Å². The van der Waals surface area contributed by atoms with Crippen LogP contribution in [0.25, 0.3) is 0 Å². The summed E-state index contributed by atoms with van der Waals surface area (Å²) in [6, 6.07) is 0. The minimum absolute atomic E-state index is 0.0639. The fourth-order valence-electron chi connectivity index (χ4n) is 0.459. The molecule has 62 valence electrons. The number of halogens is 2. The lowest BCUT2D eigenvalue weighted by atomic mass is 10.2. The molecule has 0 rings (SSSR count). The van der Waals surface area contributed by atoms with Gasteiger partial charge in [-0.1, -0.05) is 24.6 Å². The molecule has 0 bridgehead atoms. The van der Waals surface area contributed by atoms with Gasteiger partial charge in [0.15, 0.2) is 5.83 Å². The SMILES string of the molecule is CC/C(C)=C/C=C\C(F)=C\F. The van der Waals surface area contributed by atoms with E-state index in [2.05, 4.69) is 0 Å². The molecule has 0 aromatic rings. The zero-order valence-corrected chi connectivity index (χ0v) is 6.77. The average Bonchev–Trinajstić information content (AvgIpc) is 2.04. The van der Waals surface area contributed by atoms with Gasteiger partial charge in [-0.15, -0.1) is 0 Å². The van der Waals surface area contributed by atoms with Crippen molar-refractivity contribution in [2.45, 2.75) is 20.3 Å². The Kier molecular flexibility index (Phi) is 5.35. The summed E-state index contributed by atoms with van der Waals surface area (Å²) in [5.74, 6) is -0.856. The van der Waals surface area contributed by atoms with Crippen LogP contribution >= 0.6 is 0 Å². The molecule has 0 aliphatic rings. The van der Waals surface area contributed by atoms with Crippen LogP contribution < -0.4 is 0 Å². The Labute approximate surface area is 65.9 Å². The fraction of sp³-hybridized carbons (Fsp3) is 0.333. The number of rotatable bonds is 3. The third-order valence-corrected chi connectivity index (χ3v) is 1.30. The highest BCUT2D eigenvalue weighted by molar-refractivity contribution is 5.17. The van der Waals surface area contributed by atoms with Crippen molar-refractivity contribution < 1.29 is 8.78 Å². The second kappa shape index (κ2) is 5.83. The molecule has 0 atom stereocenters. The smallest absolute Gasteiger partial charge is 0.151 e. The number of allylic oxidation sites excluding steroid dienone is 5. The van der Waals surface area contributed by atoms with E-state index in [9.17, 15) is 8.78 Å². The first-order chi connectivity index (χ1) is 5.20. The first-order valence-corrected chi connectivity index (χ1v) is 3.50. The van der Waals surface area contributed by atoms with E-state index >= 15 is 0 Å². The molecule has 0 unspecified atom stereocenters. The summed E-state index contributed by atoms with van der Waals surface area (Å²) in [5.41, 5.74) is 1.13. The molecule has 11 heavy (non-hydrogen) atoms. The van der Waals surface area contributed by atoms with Crippen molar-refractivity contribution in [2.24, 2.45) is 0 Å². The highest BCUT2D eigenvalue weighted by atomic mass is 19.2. The van der Waals surface area contributed by atoms with Crippen LogP contribution in [0.5, 0.6) is 0 Å². The van der Waals surface area contributed by atoms with Gasteiger partial charge in [-0.3, -0.25) is 0 Å². The Balaban J connectivity index is 3.96. The highest BCUT2D eigenvalue weighted by Gasteiger charge is 1.83. The fourth-order valence-corrected chi connectivity index (χ4v) is 0.459. The lowest BCUT2D eigenvalue weighted by Crippen LogP contribution is -1.68. The van der Waals surface area contributed by atoms with E-state index in [0.29, 0.717) is 0 Å². The molecular formula is C9H12F2. The molecule has 0 aliphatic carbocycles. The molecule has 2 heteroatoms. The minimum Gasteiger partial charge on any atom is -0.212 e. The maximum atomic E-state index is 12.1. The van der Waals surface area contributed by atoms with E-state index in [1.165, 1.54) is 6.08 Å². The first-order valence-electron chi connectivity index (χ1n) is 3.50. The van der Waals surface area contributed by atoms with E-state index in [1.807, 2.05) is 13.8 Å². The third-order valence-electron chi connectivity index (χ3n) is 1.30. The Morgan fingerprint density at radius 3 is 2.55 bits per heavy atom. The van der Waals surface area contributed by atoms with E-state index < -0.39 is 5.83 Å². The lowest BCUT2D eigenvalue weighted by molar-refractivity contribution is 0.606. The van der Waals surface area contributed by atoms with Gasteiger partial charge in [-0.2, -0.15) is 0 Å². The molecule has 0 aliphatic heterocycles. The summed E-state index contributed by atoms with van der Waals surface area (Å²) < 4.78 is 23.4. The van der Waals surface area contributed by atoms with E-state index in [4.69, 9.17) is 0 Å². The molecule has 0 amide bonds. The predicted molar refractivity (Wildman–Crippen MR) is 43.5 cm³/mol. The van der Waals surface area contributed by atoms with Crippen LogP contribution in [-0.2, 0) is 0 Å². The third kappa shape index (κ3) is 5.52. The lowest BCUT2D eigenvalue weighted by Gasteiger charge is -1.88. The van der Waals surface area contributed by atoms with Gasteiger partial charge in [0.05, 0.1) is 0 Å². The second-order valence-electron chi connectivity index (χ2n) is 2.22. The van der Waals surface area contributed by atoms with Gasteiger partial charge in [0.1, 0.15) is 6.33 Å². The van der Waals surface area contributed by atoms with Crippen molar-refractivity contribution in [3.05, 3.63) is 36.0 Å². The zero-order chi connectivity index (χ0) is 8.69. The molecule has 0 radical (unpaired) electrons. The maximum Gasteiger partial charge on any atom is 0.151 e. The summed E-state index contributed by atoms with van der Waals surface area (Å²) in [6.45, 7) is 3.93. The molecule has 0 fully saturated rings. The largest absolute Gasteiger partial charge is 0.212 e. The minimum atomic E-state index is -0.856. The van der Waals surface area contributed by atoms with Gasteiger partial charge >= 0.3 is 0 Å². The van der Waals surface area contributed by atoms with Crippen LogP contribution in [0, 0.1) is 0 Å². The van der Waals surface area contributed by atoms with E-state index in [1.54, 1.807) is 6.08 Å². The number of hydrogen-bond acceptors (Lipinski definition) is 0. The molecule has 0 N–H and O–H groups in total. The standard InChI is InChI=1S/C9H12F2/c1-3-8(2)5-4-6-9(11)7-10/h4-7H,3H2,1-2H3/b6-4-,8-5+,9-7-. The van der Waals surface area contributed by atoms with Crippen LogP contribution in [-0.4, -0.2) is 0 Å². The summed E-state index contributed by atoms with van der Waals surface area (Å²) in [7, 11) is 0. The molecule has 0 heterocycles. The maximum absolute atomic E-state index is 12.1. The summed E-state index contributed by atoms with van der Waals surface area (Å²) in [5, 5.41) is 0. The molecule has 0 aromatic carbocycles. The van der Waals surface area contributed by atoms with Crippen molar-refractivity contribution in [3.63, 3.8) is 0 Å². The second-order valence-corrected chi connectivity index (χ2v) is 2.22. The molecule has 0 spiro atoms. The number of hydrogen-bond donors (Lipinski definition) is 0. The van der Waals surface area contributed by atoms with Crippen molar-refractivity contribution in [3.8, 4) is 0 Å². The summed E-state index contributed by atoms with van der Waals surface area (Å²) in [4.78, 5) is 0. The Hall–Kier alpha value is -0.920. The predicted octanol–water partition coefficient (Wildman–Crippen LogP) is 3.68. The monoisotopic (exact) mass is 158 g/mol. The van der Waals surface area contributed by atoms with Gasteiger partial charge in [0.25, 0.3) is 0 Å². The molecule has 0 saturated carbocycles. The van der Waals surface area contributed by atoms with Crippen molar-refractivity contribution in [1.82, 2.24) is 0 Å². The van der Waals surface area contributed by atoms with Crippen molar-refractivity contribution >= 4 is 0 Å². The van der Waals surface area contributed by atoms with Gasteiger partial charge in [-0.25, -0.2) is 8.78 Å². The summed E-state index contributed by atoms with van der Waals surface area (Å²) in [6.07, 6.45) is 5.18. The van der Waals surface area contributed by atoms with Crippen molar-refractivity contribution in [2.75, 3.05) is 0 Å². The topological polar surface area (TPSA) is 0 Å². The zero-order valence-electron chi connectivity index (χ0n) is 6.77. The van der Waals surface area contributed by atoms with Crippen LogP contribution in [0.1, 0.15) is 20.3 Å². The van der Waals surface area contributed by atoms with Gasteiger partial charge in [-0.05, 0) is 19.4 Å². The Morgan fingerprint density at radius 2 is 2.09 bits per heavy atom. The quantitative estimate of drug-likeness (QED) is 0.549. The molecule has 0 aromatic heterocycles. The average molecular weight is 158 g/mol. The van der Waals surface area contributed by atoms with Crippen molar-refractivity contribution in [1.29, 1.82) is 0 Å². The van der Waals surface area contributed by atoms with Crippen LogP contribution in [0.2, 0.25) is 0 Å². The van der Waals surface area contributed by atoms with Crippen LogP contribution in [0.15, 0.2) is 36.0 Å². The first kappa shape index (κ1) is 10.1. The summed E-state index contributed by atoms with van der Waals surface area (Å²) >= 11 is 0.